The van der Waals surface area contributed by atoms with Crippen LogP contribution in [0.1, 0.15) is 0 Å². The minimum atomic E-state index is -4.10. The monoisotopic (exact) mass is 716 g/mol. The van der Waals surface area contributed by atoms with Crippen molar-refractivity contribution in [3.8, 4) is 45.0 Å². The molecule has 0 unspecified atom stereocenters. The zero-order valence-corrected chi connectivity index (χ0v) is 28.2. The quantitative estimate of drug-likeness (QED) is 0.109. The lowest BCUT2D eigenvalue weighted by Crippen LogP contribution is -2.04. The summed E-state index contributed by atoms with van der Waals surface area (Å²) in [6.07, 6.45) is 0. The third-order valence-corrected chi connectivity index (χ3v) is 10.4. The van der Waals surface area contributed by atoms with Crippen molar-refractivity contribution in [2.45, 2.75) is 9.79 Å². The minimum absolute atomic E-state index is 0.00907. The van der Waals surface area contributed by atoms with Gasteiger partial charge in [0, 0.05) is 46.5 Å². The van der Waals surface area contributed by atoms with Gasteiger partial charge in [0.25, 0.3) is 11.4 Å². The number of hydrogen-bond donors (Lipinski definition) is 0. The van der Waals surface area contributed by atoms with Crippen LogP contribution in [0.15, 0.2) is 155 Å². The Hall–Kier alpha value is -7.25. The van der Waals surface area contributed by atoms with E-state index in [1.165, 1.54) is 48.5 Å². The van der Waals surface area contributed by atoms with Crippen LogP contribution in [0.2, 0.25) is 0 Å². The van der Waals surface area contributed by atoms with Crippen molar-refractivity contribution in [3.63, 3.8) is 0 Å². The molecule has 53 heavy (non-hydrogen) atoms. The van der Waals surface area contributed by atoms with Crippen molar-refractivity contribution in [2.24, 2.45) is 0 Å². The second-order valence-electron chi connectivity index (χ2n) is 12.0. The number of aromatic nitrogens is 4. The zero-order valence-electron chi connectivity index (χ0n) is 27.4. The largest absolute Gasteiger partial charge is 0.269 e. The molecule has 8 aromatic rings. The van der Waals surface area contributed by atoms with Crippen molar-refractivity contribution in [1.29, 1.82) is 0 Å². The first-order chi connectivity index (χ1) is 25.7. The molecule has 256 valence electrons. The van der Waals surface area contributed by atoms with Crippen molar-refractivity contribution in [3.05, 3.63) is 166 Å². The maximum atomic E-state index is 14.2. The molecule has 0 spiro atoms. The third-order valence-electron chi connectivity index (χ3n) is 8.69. The Bertz CT molecular complexity index is 2840. The Morgan fingerprint density at radius 2 is 0.717 bits per heavy atom. The van der Waals surface area contributed by atoms with Crippen LogP contribution in [0, 0.1) is 20.2 Å². The number of nitro benzene ring substituents is 2. The van der Waals surface area contributed by atoms with Gasteiger partial charge in [-0.15, -0.1) is 0 Å². The highest BCUT2D eigenvalue weighted by molar-refractivity contribution is 7.91. The lowest BCUT2D eigenvalue weighted by molar-refractivity contribution is -0.385. The maximum Gasteiger partial charge on any atom is 0.269 e. The molecule has 0 saturated carbocycles. The highest BCUT2D eigenvalue weighted by atomic mass is 32.2. The summed E-state index contributed by atoms with van der Waals surface area (Å²) in [4.78, 5) is 41.0. The molecule has 8 rings (SSSR count). The molecular formula is C40H24N6O6S. The molecular weight excluding hydrogens is 693 g/mol. The van der Waals surface area contributed by atoms with Crippen LogP contribution in [-0.2, 0) is 9.84 Å². The summed E-state index contributed by atoms with van der Waals surface area (Å²) < 4.78 is 28.4. The Morgan fingerprint density at radius 1 is 0.396 bits per heavy atom. The molecule has 0 aliphatic heterocycles. The Kier molecular flexibility index (Phi) is 8.16. The van der Waals surface area contributed by atoms with Crippen LogP contribution in [-0.4, -0.2) is 38.2 Å². The molecule has 13 heteroatoms. The highest BCUT2D eigenvalue weighted by Gasteiger charge is 2.23. The molecule has 0 fully saturated rings. The van der Waals surface area contributed by atoms with E-state index < -0.39 is 19.7 Å². The summed E-state index contributed by atoms with van der Waals surface area (Å²) in [6, 6.07) is 39.7. The van der Waals surface area contributed by atoms with Gasteiger partial charge in [0.05, 0.1) is 64.5 Å². The maximum absolute atomic E-state index is 14.2. The standard InChI is InChI=1S/C40H24N6O6S/c47-45(48)29-15-11-27(12-16-29)39-38(26-9-5-2-6-10-26)43-35-23-31(20-22-34(35)42-39)53(51,52)32-19-21-33-36(24-32)44-40(28-13-17-30(18-14-28)46(49)50)37(41-33)25-7-3-1-4-8-25/h1-24H. The van der Waals surface area contributed by atoms with Gasteiger partial charge in [-0.1, -0.05) is 60.7 Å². The second kappa shape index (κ2) is 13.1. The van der Waals surface area contributed by atoms with Crippen molar-refractivity contribution >= 4 is 43.3 Å². The SMILES string of the molecule is O=[N+]([O-])c1ccc(-c2nc3ccc(S(=O)(=O)c4ccc5nc(-c6ccccc6)c(-c6ccc([N+](=O)[O-])cc6)nc5c4)cc3nc2-c2ccccc2)cc1. The van der Waals surface area contributed by atoms with Gasteiger partial charge in [-0.05, 0) is 60.7 Å². The summed E-state index contributed by atoms with van der Waals surface area (Å²) in [5, 5.41) is 22.6. The van der Waals surface area contributed by atoms with E-state index in [4.69, 9.17) is 19.9 Å². The van der Waals surface area contributed by atoms with Crippen molar-refractivity contribution in [2.75, 3.05) is 0 Å². The summed E-state index contributed by atoms with van der Waals surface area (Å²) >= 11 is 0. The fourth-order valence-corrected chi connectivity index (χ4v) is 7.32. The van der Waals surface area contributed by atoms with Gasteiger partial charge in [0.2, 0.25) is 9.84 Å². The minimum Gasteiger partial charge on any atom is -0.258 e. The molecule has 12 nitrogen and oxygen atoms in total. The highest BCUT2D eigenvalue weighted by Crippen LogP contribution is 2.35. The Balaban J connectivity index is 1.23. The van der Waals surface area contributed by atoms with Gasteiger partial charge < -0.3 is 0 Å². The van der Waals surface area contributed by atoms with E-state index in [1.807, 2.05) is 60.7 Å². The van der Waals surface area contributed by atoms with Crippen molar-refractivity contribution in [1.82, 2.24) is 19.9 Å². The number of nitrogens with zero attached hydrogens (tertiary/aromatic N) is 6. The summed E-state index contributed by atoms with van der Waals surface area (Å²) in [5.74, 6) is 0. The number of rotatable bonds is 8. The predicted molar refractivity (Wildman–Crippen MR) is 200 cm³/mol. The summed E-state index contributed by atoms with van der Waals surface area (Å²) in [6.45, 7) is 0. The van der Waals surface area contributed by atoms with Crippen LogP contribution in [0.5, 0.6) is 0 Å². The van der Waals surface area contributed by atoms with Gasteiger partial charge in [-0.2, -0.15) is 0 Å². The van der Waals surface area contributed by atoms with Crippen LogP contribution in [0.25, 0.3) is 67.1 Å². The topological polar surface area (TPSA) is 172 Å². The van der Waals surface area contributed by atoms with Gasteiger partial charge in [0.1, 0.15) is 0 Å². The van der Waals surface area contributed by atoms with E-state index >= 15 is 0 Å². The van der Waals surface area contributed by atoms with Crippen LogP contribution in [0.4, 0.5) is 11.4 Å². The number of nitro groups is 2. The number of non-ortho nitro benzene ring substituents is 2. The Labute approximate surface area is 301 Å². The fraction of sp³-hybridized carbons (Fsp3) is 0. The molecule has 0 N–H and O–H groups in total. The smallest absolute Gasteiger partial charge is 0.258 e. The van der Waals surface area contributed by atoms with Crippen molar-refractivity contribution < 1.29 is 18.3 Å². The van der Waals surface area contributed by atoms with E-state index in [2.05, 4.69) is 0 Å². The summed E-state index contributed by atoms with van der Waals surface area (Å²) in [5.41, 5.74) is 6.06. The average molecular weight is 717 g/mol. The molecule has 0 amide bonds. The number of hydrogen-bond acceptors (Lipinski definition) is 10. The predicted octanol–water partition coefficient (Wildman–Crippen LogP) is 8.89. The lowest BCUT2D eigenvalue weighted by Gasteiger charge is -2.13. The first-order valence-corrected chi connectivity index (χ1v) is 17.6. The normalized spacial score (nSPS) is 11.5. The first kappa shape index (κ1) is 32.9. The number of fused-ring (bicyclic) bond motifs is 2. The molecule has 2 aromatic heterocycles. The molecule has 0 bridgehead atoms. The molecule has 0 aliphatic carbocycles. The van der Waals surface area contributed by atoms with Gasteiger partial charge in [-0.3, -0.25) is 20.2 Å². The summed E-state index contributed by atoms with van der Waals surface area (Å²) in [7, 11) is -4.10. The van der Waals surface area contributed by atoms with E-state index in [-0.39, 0.29) is 21.2 Å². The number of benzene rings is 6. The van der Waals surface area contributed by atoms with Gasteiger partial charge in [-0.25, -0.2) is 28.4 Å². The molecule has 2 heterocycles. The van der Waals surface area contributed by atoms with E-state index in [0.717, 1.165) is 11.1 Å². The zero-order chi connectivity index (χ0) is 36.7. The molecule has 0 radical (unpaired) electrons. The number of sulfone groups is 1. The fourth-order valence-electron chi connectivity index (χ4n) is 6.02. The molecule has 0 saturated heterocycles. The van der Waals surface area contributed by atoms with Crippen LogP contribution < -0.4 is 0 Å². The molecule has 0 aliphatic rings. The van der Waals surface area contributed by atoms with E-state index in [9.17, 15) is 28.6 Å². The molecule has 6 aromatic carbocycles. The average Bonchev–Trinajstić information content (AvgIpc) is 3.20. The van der Waals surface area contributed by atoms with Gasteiger partial charge >= 0.3 is 0 Å². The first-order valence-electron chi connectivity index (χ1n) is 16.1. The van der Waals surface area contributed by atoms with E-state index in [1.54, 1.807) is 36.4 Å². The van der Waals surface area contributed by atoms with E-state index in [0.29, 0.717) is 56.0 Å². The third kappa shape index (κ3) is 6.21. The van der Waals surface area contributed by atoms with Gasteiger partial charge in [0.15, 0.2) is 0 Å². The lowest BCUT2D eigenvalue weighted by atomic mass is 10.0. The Morgan fingerprint density at radius 3 is 1.06 bits per heavy atom. The van der Waals surface area contributed by atoms with Crippen LogP contribution in [0.3, 0.4) is 0 Å². The second-order valence-corrected chi connectivity index (χ2v) is 13.9. The molecule has 0 atom stereocenters. The van der Waals surface area contributed by atoms with Crippen LogP contribution >= 0.6 is 0 Å².